The lowest BCUT2D eigenvalue weighted by molar-refractivity contribution is -0.154. The molecule has 8 heteroatoms. The van der Waals surface area contributed by atoms with Gasteiger partial charge in [-0.1, -0.05) is 13.3 Å². The number of anilines is 1. The van der Waals surface area contributed by atoms with E-state index >= 15 is 0 Å². The summed E-state index contributed by atoms with van der Waals surface area (Å²) in [6.45, 7) is 2.43. The molecule has 2 amide bonds. The fraction of sp³-hybridized carbons (Fsp3) is 0.619. The lowest BCUT2D eigenvalue weighted by atomic mass is 9.98. The number of hydrogen-bond donors (Lipinski definition) is 1. The minimum Gasteiger partial charge on any atom is -0.455 e. The number of likely N-dealkylation sites (tertiary alicyclic amines) is 1. The van der Waals surface area contributed by atoms with Crippen molar-refractivity contribution < 1.29 is 19.1 Å². The molecule has 1 aliphatic heterocycles. The van der Waals surface area contributed by atoms with Crippen molar-refractivity contribution >= 4 is 34.1 Å². The normalized spacial score (nSPS) is 18.9. The van der Waals surface area contributed by atoms with Crippen LogP contribution in [-0.2, 0) is 32.0 Å². The highest BCUT2D eigenvalue weighted by Crippen LogP contribution is 2.36. The van der Waals surface area contributed by atoms with Crippen LogP contribution in [0, 0.1) is 17.2 Å². The van der Waals surface area contributed by atoms with Gasteiger partial charge in [-0.15, -0.1) is 11.3 Å². The average Bonchev–Trinajstić information content (AvgIpc) is 2.90. The van der Waals surface area contributed by atoms with Gasteiger partial charge in [-0.25, -0.2) is 0 Å². The molecule has 0 spiro atoms. The Bertz CT molecular complexity index is 827. The molecule has 1 N–H and O–H groups in total. The largest absolute Gasteiger partial charge is 0.455 e. The smallest absolute Gasteiger partial charge is 0.311 e. The number of esters is 1. The molecule has 0 bridgehead atoms. The van der Waals surface area contributed by atoms with Crippen LogP contribution in [0.2, 0.25) is 0 Å². The Labute approximate surface area is 175 Å². The van der Waals surface area contributed by atoms with Crippen LogP contribution in [0.15, 0.2) is 0 Å². The average molecular weight is 418 g/mol. The fourth-order valence-corrected chi connectivity index (χ4v) is 5.24. The lowest BCUT2D eigenvalue weighted by Crippen LogP contribution is -2.42. The Morgan fingerprint density at radius 1 is 1.24 bits per heavy atom. The van der Waals surface area contributed by atoms with Crippen molar-refractivity contribution in [2.24, 2.45) is 5.92 Å². The molecule has 3 rings (SSSR count). The van der Waals surface area contributed by atoms with Crippen LogP contribution in [0.4, 0.5) is 5.00 Å². The molecular formula is C21H27N3O4S. The quantitative estimate of drug-likeness (QED) is 0.586. The molecule has 1 aliphatic carbocycles. The molecule has 7 nitrogen and oxygen atoms in total. The number of thiophene rings is 1. The first kappa shape index (κ1) is 21.3. The van der Waals surface area contributed by atoms with Crippen LogP contribution in [0.5, 0.6) is 0 Å². The van der Waals surface area contributed by atoms with Crippen molar-refractivity contribution in [3.05, 3.63) is 16.0 Å². The Kier molecular flexibility index (Phi) is 7.26. The monoisotopic (exact) mass is 417 g/mol. The van der Waals surface area contributed by atoms with Gasteiger partial charge in [-0.05, 0) is 44.1 Å². The molecule has 0 aromatic carbocycles. The van der Waals surface area contributed by atoms with Crippen molar-refractivity contribution in [3.8, 4) is 6.07 Å². The lowest BCUT2D eigenvalue weighted by Gasteiger charge is -2.31. The molecule has 1 saturated heterocycles. The molecular weight excluding hydrogens is 390 g/mol. The number of nitriles is 1. The third-order valence-corrected chi connectivity index (χ3v) is 6.75. The number of carbonyl (C=O) groups is 3. The second-order valence-electron chi connectivity index (χ2n) is 7.57. The summed E-state index contributed by atoms with van der Waals surface area (Å²) >= 11 is 1.46. The van der Waals surface area contributed by atoms with E-state index in [4.69, 9.17) is 4.74 Å². The maximum atomic E-state index is 12.3. The van der Waals surface area contributed by atoms with Crippen molar-refractivity contribution in [1.29, 1.82) is 5.26 Å². The Hall–Kier alpha value is -2.40. The highest BCUT2D eigenvalue weighted by molar-refractivity contribution is 7.16. The number of ether oxygens (including phenoxy) is 1. The van der Waals surface area contributed by atoms with Crippen LogP contribution in [0.25, 0.3) is 0 Å². The van der Waals surface area contributed by atoms with E-state index in [1.807, 2.05) is 0 Å². The maximum Gasteiger partial charge on any atom is 0.311 e. The molecule has 0 radical (unpaired) electrons. The van der Waals surface area contributed by atoms with Crippen LogP contribution in [-0.4, -0.2) is 42.4 Å². The summed E-state index contributed by atoms with van der Waals surface area (Å²) < 4.78 is 5.21. The standard InChI is InChI=1S/C21H27N3O4S/c1-2-19(26)24-10-6-7-14(12-24)21(27)28-13-18(25)23-20-16(11-22)15-8-4-3-5-9-17(15)29-20/h14H,2-10,12-13H2,1H3,(H,23,25). The second kappa shape index (κ2) is 9.88. The van der Waals surface area contributed by atoms with Gasteiger partial charge in [-0.3, -0.25) is 14.4 Å². The van der Waals surface area contributed by atoms with Gasteiger partial charge in [-0.2, -0.15) is 5.26 Å². The molecule has 1 fully saturated rings. The van der Waals surface area contributed by atoms with Gasteiger partial charge in [0.25, 0.3) is 5.91 Å². The predicted molar refractivity (Wildman–Crippen MR) is 109 cm³/mol. The minimum absolute atomic E-state index is 0.0294. The molecule has 1 unspecified atom stereocenters. The highest BCUT2D eigenvalue weighted by Gasteiger charge is 2.29. The number of fused-ring (bicyclic) bond motifs is 1. The van der Waals surface area contributed by atoms with E-state index in [0.29, 0.717) is 36.5 Å². The van der Waals surface area contributed by atoms with E-state index in [2.05, 4.69) is 11.4 Å². The maximum absolute atomic E-state index is 12.3. The van der Waals surface area contributed by atoms with Crippen molar-refractivity contribution in [2.45, 2.75) is 58.3 Å². The topological polar surface area (TPSA) is 99.5 Å². The van der Waals surface area contributed by atoms with Crippen molar-refractivity contribution in [2.75, 3.05) is 25.0 Å². The zero-order valence-corrected chi connectivity index (χ0v) is 17.6. The van der Waals surface area contributed by atoms with Crippen LogP contribution < -0.4 is 5.32 Å². The van der Waals surface area contributed by atoms with Crippen LogP contribution >= 0.6 is 11.3 Å². The van der Waals surface area contributed by atoms with Gasteiger partial charge in [0, 0.05) is 24.4 Å². The first-order chi connectivity index (χ1) is 14.0. The van der Waals surface area contributed by atoms with Gasteiger partial charge < -0.3 is 15.0 Å². The van der Waals surface area contributed by atoms with Crippen molar-refractivity contribution in [1.82, 2.24) is 4.90 Å². The third-order valence-electron chi connectivity index (χ3n) is 5.54. The second-order valence-corrected chi connectivity index (χ2v) is 8.67. The number of rotatable bonds is 5. The first-order valence-electron chi connectivity index (χ1n) is 10.3. The third kappa shape index (κ3) is 5.15. The number of carbonyl (C=O) groups excluding carboxylic acids is 3. The van der Waals surface area contributed by atoms with E-state index in [0.717, 1.165) is 44.1 Å². The zero-order valence-electron chi connectivity index (χ0n) is 16.8. The summed E-state index contributed by atoms with van der Waals surface area (Å²) in [5.74, 6) is -1.25. The summed E-state index contributed by atoms with van der Waals surface area (Å²) in [5, 5.41) is 12.8. The van der Waals surface area contributed by atoms with Crippen LogP contribution in [0.3, 0.4) is 0 Å². The summed E-state index contributed by atoms with van der Waals surface area (Å²) in [6, 6.07) is 2.22. The number of hydrogen-bond acceptors (Lipinski definition) is 6. The number of nitrogens with one attached hydrogen (secondary N) is 1. The number of nitrogens with zero attached hydrogens (tertiary/aromatic N) is 2. The predicted octanol–water partition coefficient (Wildman–Crippen LogP) is 3.02. The fourth-order valence-electron chi connectivity index (χ4n) is 3.99. The Morgan fingerprint density at radius 3 is 2.79 bits per heavy atom. The first-order valence-corrected chi connectivity index (χ1v) is 11.1. The molecule has 156 valence electrons. The van der Waals surface area contributed by atoms with Gasteiger partial charge in [0.05, 0.1) is 11.5 Å². The highest BCUT2D eigenvalue weighted by atomic mass is 32.1. The Balaban J connectivity index is 1.54. The number of aryl methyl sites for hydroxylation is 1. The van der Waals surface area contributed by atoms with E-state index in [1.165, 1.54) is 16.2 Å². The molecule has 2 heterocycles. The zero-order chi connectivity index (χ0) is 20.8. The van der Waals surface area contributed by atoms with Crippen molar-refractivity contribution in [3.63, 3.8) is 0 Å². The van der Waals surface area contributed by atoms with E-state index < -0.39 is 11.9 Å². The van der Waals surface area contributed by atoms with E-state index in [1.54, 1.807) is 11.8 Å². The Morgan fingerprint density at radius 2 is 2.03 bits per heavy atom. The summed E-state index contributed by atoms with van der Waals surface area (Å²) in [6.07, 6.45) is 6.95. The van der Waals surface area contributed by atoms with Gasteiger partial charge >= 0.3 is 5.97 Å². The van der Waals surface area contributed by atoms with E-state index in [-0.39, 0.29) is 18.4 Å². The van der Waals surface area contributed by atoms with Gasteiger partial charge in [0.1, 0.15) is 11.1 Å². The minimum atomic E-state index is -0.448. The molecule has 1 aromatic heterocycles. The molecule has 1 atom stereocenters. The van der Waals surface area contributed by atoms with Gasteiger partial charge in [0.15, 0.2) is 6.61 Å². The molecule has 1 aromatic rings. The van der Waals surface area contributed by atoms with Gasteiger partial charge in [0.2, 0.25) is 5.91 Å². The van der Waals surface area contributed by atoms with E-state index in [9.17, 15) is 19.6 Å². The molecule has 2 aliphatic rings. The molecule has 0 saturated carbocycles. The summed E-state index contributed by atoms with van der Waals surface area (Å²) in [7, 11) is 0. The molecule has 29 heavy (non-hydrogen) atoms. The van der Waals surface area contributed by atoms with Crippen LogP contribution in [0.1, 0.15) is 61.5 Å². The summed E-state index contributed by atoms with van der Waals surface area (Å²) in [5.41, 5.74) is 1.61. The SMILES string of the molecule is CCC(=O)N1CCCC(C(=O)OCC(=O)Nc2sc3c(c2C#N)CCCCC3)C1. The number of piperidine rings is 1. The summed E-state index contributed by atoms with van der Waals surface area (Å²) in [4.78, 5) is 39.4. The number of amides is 2.